The molecular formula is C11H17NO5. The molecule has 1 aromatic rings. The van der Waals surface area contributed by atoms with E-state index < -0.39 is 12.1 Å². The highest BCUT2D eigenvalue weighted by molar-refractivity contribution is 5.84. The molecule has 1 rings (SSSR count). The van der Waals surface area contributed by atoms with Gasteiger partial charge in [0, 0.05) is 25.8 Å². The van der Waals surface area contributed by atoms with Crippen LogP contribution < -0.4 is 5.32 Å². The van der Waals surface area contributed by atoms with Crippen LogP contribution in [0.5, 0.6) is 0 Å². The van der Waals surface area contributed by atoms with Crippen LogP contribution in [0.2, 0.25) is 0 Å². The molecule has 0 radical (unpaired) electrons. The lowest BCUT2D eigenvalue weighted by molar-refractivity contribution is 0.0643. The van der Waals surface area contributed by atoms with Crippen LogP contribution in [0, 0.1) is 6.92 Å². The van der Waals surface area contributed by atoms with Crippen molar-refractivity contribution in [2.75, 3.05) is 20.3 Å². The van der Waals surface area contributed by atoms with Crippen molar-refractivity contribution in [3.8, 4) is 0 Å². The highest BCUT2D eigenvalue weighted by atomic mass is 16.5. The van der Waals surface area contributed by atoms with Crippen molar-refractivity contribution in [2.24, 2.45) is 0 Å². The van der Waals surface area contributed by atoms with Crippen molar-refractivity contribution in [3.05, 3.63) is 23.2 Å². The van der Waals surface area contributed by atoms with E-state index in [0.29, 0.717) is 18.8 Å². The highest BCUT2D eigenvalue weighted by Crippen LogP contribution is 2.14. The summed E-state index contributed by atoms with van der Waals surface area (Å²) in [5, 5.41) is 21.1. The molecule has 17 heavy (non-hydrogen) atoms. The number of nitrogens with one attached hydrogen (secondary N) is 1. The molecule has 0 bridgehead atoms. The lowest BCUT2D eigenvalue weighted by Crippen LogP contribution is -2.29. The van der Waals surface area contributed by atoms with Gasteiger partial charge in [0.25, 0.3) is 0 Å². The van der Waals surface area contributed by atoms with Crippen LogP contribution in [0.15, 0.2) is 10.5 Å². The lowest BCUT2D eigenvalue weighted by atomic mass is 10.2. The molecule has 0 aliphatic carbocycles. The van der Waals surface area contributed by atoms with Crippen molar-refractivity contribution in [3.63, 3.8) is 0 Å². The van der Waals surface area contributed by atoms with Gasteiger partial charge < -0.3 is 24.7 Å². The van der Waals surface area contributed by atoms with Crippen LogP contribution in [0.3, 0.4) is 0 Å². The average Bonchev–Trinajstić information content (AvgIpc) is 2.61. The number of aryl methyl sites for hydroxylation is 1. The number of hydrogen-bond acceptors (Lipinski definition) is 5. The molecule has 0 spiro atoms. The van der Waals surface area contributed by atoms with Crippen LogP contribution >= 0.6 is 0 Å². The molecule has 0 aliphatic heterocycles. The first kappa shape index (κ1) is 13.7. The minimum atomic E-state index is -1.08. The molecule has 0 amide bonds. The van der Waals surface area contributed by atoms with Gasteiger partial charge in [-0.15, -0.1) is 0 Å². The minimum Gasteiger partial charge on any atom is -0.475 e. The summed E-state index contributed by atoms with van der Waals surface area (Å²) in [5.41, 5.74) is 0.770. The van der Waals surface area contributed by atoms with Gasteiger partial charge in [-0.05, 0) is 13.0 Å². The summed E-state index contributed by atoms with van der Waals surface area (Å²) in [5.74, 6) is -0.591. The van der Waals surface area contributed by atoms with Gasteiger partial charge in [0.2, 0.25) is 5.76 Å². The maximum Gasteiger partial charge on any atom is 0.371 e. The quantitative estimate of drug-likeness (QED) is 0.641. The fraction of sp³-hybridized carbons (Fsp3) is 0.545. The van der Waals surface area contributed by atoms with Gasteiger partial charge in [0.1, 0.15) is 5.76 Å². The number of methoxy groups -OCH3 is 1. The van der Waals surface area contributed by atoms with Gasteiger partial charge >= 0.3 is 5.97 Å². The Hall–Kier alpha value is -1.37. The Kier molecular flexibility index (Phi) is 5.14. The van der Waals surface area contributed by atoms with E-state index in [1.807, 2.05) is 0 Å². The van der Waals surface area contributed by atoms with Gasteiger partial charge in [0.05, 0.1) is 12.7 Å². The fourth-order valence-corrected chi connectivity index (χ4v) is 1.43. The molecule has 1 atom stereocenters. The topological polar surface area (TPSA) is 91.9 Å². The van der Waals surface area contributed by atoms with Crippen molar-refractivity contribution >= 4 is 5.97 Å². The first-order valence-electron chi connectivity index (χ1n) is 5.25. The summed E-state index contributed by atoms with van der Waals surface area (Å²) >= 11 is 0. The fourth-order valence-electron chi connectivity index (χ4n) is 1.43. The van der Waals surface area contributed by atoms with Gasteiger partial charge in [-0.2, -0.15) is 0 Å². The first-order valence-corrected chi connectivity index (χ1v) is 5.25. The molecular weight excluding hydrogens is 226 g/mol. The van der Waals surface area contributed by atoms with Crippen molar-refractivity contribution in [1.82, 2.24) is 5.32 Å². The third-order valence-corrected chi connectivity index (χ3v) is 2.29. The SMILES string of the molecule is COCC(O)CNCc1cc(C(=O)O)oc1C. The normalized spacial score (nSPS) is 12.6. The predicted molar refractivity (Wildman–Crippen MR) is 60.0 cm³/mol. The molecule has 6 heteroatoms. The van der Waals surface area contributed by atoms with E-state index in [4.69, 9.17) is 14.3 Å². The molecule has 96 valence electrons. The lowest BCUT2D eigenvalue weighted by Gasteiger charge is -2.09. The average molecular weight is 243 g/mol. The molecule has 1 unspecified atom stereocenters. The molecule has 1 aromatic heterocycles. The Bertz CT molecular complexity index is 374. The van der Waals surface area contributed by atoms with Gasteiger partial charge in [-0.3, -0.25) is 0 Å². The van der Waals surface area contributed by atoms with Crippen LogP contribution in [-0.4, -0.2) is 42.5 Å². The summed E-state index contributed by atoms with van der Waals surface area (Å²) in [7, 11) is 1.52. The summed E-state index contributed by atoms with van der Waals surface area (Å²) in [4.78, 5) is 10.7. The number of aromatic carboxylic acids is 1. The van der Waals surface area contributed by atoms with Crippen molar-refractivity contribution < 1.29 is 24.2 Å². The van der Waals surface area contributed by atoms with E-state index in [9.17, 15) is 9.90 Å². The second kappa shape index (κ2) is 6.39. The van der Waals surface area contributed by atoms with Crippen molar-refractivity contribution in [1.29, 1.82) is 0 Å². The van der Waals surface area contributed by atoms with E-state index in [2.05, 4.69) is 5.32 Å². The van der Waals surface area contributed by atoms with E-state index in [1.165, 1.54) is 13.2 Å². The Balaban J connectivity index is 2.44. The third-order valence-electron chi connectivity index (χ3n) is 2.29. The molecule has 1 heterocycles. The Morgan fingerprint density at radius 3 is 2.88 bits per heavy atom. The molecule has 0 aliphatic rings. The maximum atomic E-state index is 10.7. The monoisotopic (exact) mass is 243 g/mol. The Morgan fingerprint density at radius 2 is 2.35 bits per heavy atom. The van der Waals surface area contributed by atoms with Gasteiger partial charge in [-0.1, -0.05) is 0 Å². The molecule has 3 N–H and O–H groups in total. The molecule has 0 aromatic carbocycles. The smallest absolute Gasteiger partial charge is 0.371 e. The molecule has 0 saturated heterocycles. The number of carboxylic acid groups (broad SMARTS) is 1. The molecule has 0 saturated carbocycles. The van der Waals surface area contributed by atoms with E-state index in [1.54, 1.807) is 6.92 Å². The zero-order valence-corrected chi connectivity index (χ0v) is 9.90. The number of hydrogen-bond donors (Lipinski definition) is 3. The van der Waals surface area contributed by atoms with Crippen molar-refractivity contribution in [2.45, 2.75) is 19.6 Å². The number of rotatable bonds is 7. The first-order chi connectivity index (χ1) is 8.04. The van der Waals surface area contributed by atoms with Crippen LogP contribution in [0.25, 0.3) is 0 Å². The molecule has 6 nitrogen and oxygen atoms in total. The summed E-state index contributed by atoms with van der Waals surface area (Å²) in [6.45, 7) is 2.79. The second-order valence-electron chi connectivity index (χ2n) is 3.74. The third kappa shape index (κ3) is 4.18. The summed E-state index contributed by atoms with van der Waals surface area (Å²) in [6, 6.07) is 1.48. The number of furan rings is 1. The summed E-state index contributed by atoms with van der Waals surface area (Å²) < 4.78 is 9.83. The van der Waals surface area contributed by atoms with Crippen LogP contribution in [0.4, 0.5) is 0 Å². The number of aliphatic hydroxyl groups is 1. The Labute approximate surface area is 99.2 Å². The zero-order valence-electron chi connectivity index (χ0n) is 9.90. The molecule has 0 fully saturated rings. The van der Waals surface area contributed by atoms with Crippen LogP contribution in [-0.2, 0) is 11.3 Å². The van der Waals surface area contributed by atoms with Crippen LogP contribution in [0.1, 0.15) is 21.9 Å². The maximum absolute atomic E-state index is 10.7. The second-order valence-corrected chi connectivity index (χ2v) is 3.74. The van der Waals surface area contributed by atoms with E-state index in [-0.39, 0.29) is 12.4 Å². The zero-order chi connectivity index (χ0) is 12.8. The Morgan fingerprint density at radius 1 is 1.65 bits per heavy atom. The minimum absolute atomic E-state index is 0.0725. The van der Waals surface area contributed by atoms with E-state index >= 15 is 0 Å². The highest BCUT2D eigenvalue weighted by Gasteiger charge is 2.13. The largest absolute Gasteiger partial charge is 0.475 e. The standard InChI is InChI=1S/C11H17NO5/c1-7-8(3-10(17-7)11(14)15)4-12-5-9(13)6-16-2/h3,9,12-13H,4-6H2,1-2H3,(H,14,15). The van der Waals surface area contributed by atoms with E-state index in [0.717, 1.165) is 5.56 Å². The predicted octanol–water partition coefficient (Wildman–Crippen LogP) is 0.383. The number of aliphatic hydroxyl groups excluding tert-OH is 1. The summed E-state index contributed by atoms with van der Waals surface area (Å²) in [6.07, 6.45) is -0.578. The number of carboxylic acids is 1. The number of carbonyl (C=O) groups is 1. The van der Waals surface area contributed by atoms with Gasteiger partial charge in [0.15, 0.2) is 0 Å². The van der Waals surface area contributed by atoms with Gasteiger partial charge in [-0.25, -0.2) is 4.79 Å². The number of ether oxygens (including phenoxy) is 1.